The molecule has 1 fully saturated rings. The van der Waals surface area contributed by atoms with Gasteiger partial charge in [-0.3, -0.25) is 9.36 Å². The molecule has 11 heteroatoms. The Morgan fingerprint density at radius 2 is 2.03 bits per heavy atom. The molecule has 3 heterocycles. The zero-order chi connectivity index (χ0) is 20.5. The molecule has 3 aromatic rings. The van der Waals surface area contributed by atoms with Gasteiger partial charge in [-0.15, -0.1) is 0 Å². The molecule has 0 bridgehead atoms. The summed E-state index contributed by atoms with van der Waals surface area (Å²) in [5.74, 6) is 0.885. The SMILES string of the molecule is CCOc1ccc(Nc2nc3c(=O)[nH]cnc3n2[C@H]2O[C@H](CO)[C@@H](O)[C@@H]2O)cc1. The number of nitrogens with zero attached hydrogens (tertiary/aromatic N) is 3. The first-order valence-electron chi connectivity index (χ1n) is 9.11. The largest absolute Gasteiger partial charge is 0.494 e. The lowest BCUT2D eigenvalue weighted by atomic mass is 10.1. The second-order valence-electron chi connectivity index (χ2n) is 6.52. The minimum atomic E-state index is -1.36. The third kappa shape index (κ3) is 3.44. The third-order valence-electron chi connectivity index (χ3n) is 4.68. The number of rotatable bonds is 6. The van der Waals surface area contributed by atoms with Crippen LogP contribution in [0.1, 0.15) is 13.2 Å². The highest BCUT2D eigenvalue weighted by molar-refractivity contribution is 5.75. The van der Waals surface area contributed by atoms with Gasteiger partial charge in [0.2, 0.25) is 5.95 Å². The number of imidazole rings is 1. The Bertz CT molecular complexity index is 1050. The molecule has 2 aromatic heterocycles. The summed E-state index contributed by atoms with van der Waals surface area (Å²) in [4.78, 5) is 23.1. The number of aliphatic hydroxyl groups is 3. The van der Waals surface area contributed by atoms with Crippen LogP contribution < -0.4 is 15.6 Å². The lowest BCUT2D eigenvalue weighted by molar-refractivity contribution is -0.0501. The number of H-pyrrole nitrogens is 1. The number of hydrogen-bond acceptors (Lipinski definition) is 9. The van der Waals surface area contributed by atoms with Crippen LogP contribution in [0, 0.1) is 0 Å². The van der Waals surface area contributed by atoms with Crippen LogP contribution >= 0.6 is 0 Å². The normalized spacial score (nSPS) is 24.1. The molecule has 1 aliphatic rings. The number of aromatic nitrogens is 4. The standard InChI is InChI=1S/C18H21N5O6/c1-2-28-10-5-3-9(4-6-10)21-18-22-12-15(19-8-20-16(12)27)23(18)17-14(26)13(25)11(7-24)29-17/h3-6,8,11,13-14,17,24-26H,2,7H2,1H3,(H,21,22)(H,19,20,27)/t11-,13-,14+,17+/m1/s1. The molecule has 11 nitrogen and oxygen atoms in total. The highest BCUT2D eigenvalue weighted by atomic mass is 16.6. The van der Waals surface area contributed by atoms with Crippen molar-refractivity contribution in [2.45, 2.75) is 31.5 Å². The molecule has 1 aliphatic heterocycles. The van der Waals surface area contributed by atoms with Gasteiger partial charge in [-0.2, -0.15) is 0 Å². The zero-order valence-corrected chi connectivity index (χ0v) is 15.5. The molecule has 4 atom stereocenters. The Morgan fingerprint density at radius 1 is 1.28 bits per heavy atom. The maximum absolute atomic E-state index is 12.2. The van der Waals surface area contributed by atoms with Crippen LogP contribution in [0.15, 0.2) is 35.4 Å². The van der Waals surface area contributed by atoms with Crippen LogP contribution in [0.25, 0.3) is 11.2 Å². The van der Waals surface area contributed by atoms with Gasteiger partial charge in [0.15, 0.2) is 17.4 Å². The van der Waals surface area contributed by atoms with E-state index in [1.165, 1.54) is 10.9 Å². The summed E-state index contributed by atoms with van der Waals surface area (Å²) >= 11 is 0. The molecule has 0 amide bonds. The van der Waals surface area contributed by atoms with E-state index in [1.807, 2.05) is 6.92 Å². The second kappa shape index (κ2) is 7.79. The molecule has 5 N–H and O–H groups in total. The number of aromatic amines is 1. The first-order valence-corrected chi connectivity index (χ1v) is 9.11. The Balaban J connectivity index is 1.76. The molecule has 0 aliphatic carbocycles. The van der Waals surface area contributed by atoms with Crippen LogP contribution in [-0.2, 0) is 4.74 Å². The number of anilines is 2. The quantitative estimate of drug-likeness (QED) is 0.379. The fourth-order valence-electron chi connectivity index (χ4n) is 3.27. The van der Waals surface area contributed by atoms with Crippen LogP contribution in [-0.4, -0.2) is 66.4 Å². The smallest absolute Gasteiger partial charge is 0.278 e. The molecular weight excluding hydrogens is 382 g/mol. The minimum Gasteiger partial charge on any atom is -0.494 e. The van der Waals surface area contributed by atoms with E-state index in [0.29, 0.717) is 18.0 Å². The maximum Gasteiger partial charge on any atom is 0.278 e. The summed E-state index contributed by atoms with van der Waals surface area (Å²) in [6, 6.07) is 7.08. The van der Waals surface area contributed by atoms with E-state index in [-0.39, 0.29) is 17.1 Å². The molecule has 0 radical (unpaired) electrons. The monoisotopic (exact) mass is 403 g/mol. The first kappa shape index (κ1) is 19.3. The van der Waals surface area contributed by atoms with Gasteiger partial charge in [-0.05, 0) is 31.2 Å². The number of aliphatic hydroxyl groups excluding tert-OH is 3. The van der Waals surface area contributed by atoms with E-state index in [0.717, 1.165) is 0 Å². The molecule has 0 unspecified atom stereocenters. The van der Waals surface area contributed by atoms with Gasteiger partial charge in [-0.25, -0.2) is 9.97 Å². The van der Waals surface area contributed by atoms with Crippen molar-refractivity contribution < 1.29 is 24.8 Å². The molecule has 0 saturated carbocycles. The van der Waals surface area contributed by atoms with Crippen molar-refractivity contribution in [2.24, 2.45) is 0 Å². The van der Waals surface area contributed by atoms with Crippen molar-refractivity contribution in [2.75, 3.05) is 18.5 Å². The van der Waals surface area contributed by atoms with Gasteiger partial charge in [-0.1, -0.05) is 0 Å². The zero-order valence-electron chi connectivity index (χ0n) is 15.5. The summed E-state index contributed by atoms with van der Waals surface area (Å²) in [5, 5.41) is 33.0. The summed E-state index contributed by atoms with van der Waals surface area (Å²) < 4.78 is 12.4. The lowest BCUT2D eigenvalue weighted by Gasteiger charge is -2.19. The van der Waals surface area contributed by atoms with Gasteiger partial charge in [0.1, 0.15) is 24.1 Å². The van der Waals surface area contributed by atoms with E-state index >= 15 is 0 Å². The summed E-state index contributed by atoms with van der Waals surface area (Å²) in [6.45, 7) is 1.96. The number of hydrogen-bond donors (Lipinski definition) is 5. The maximum atomic E-state index is 12.2. The molecule has 29 heavy (non-hydrogen) atoms. The van der Waals surface area contributed by atoms with Crippen molar-refractivity contribution in [3.05, 3.63) is 40.9 Å². The molecule has 1 aromatic carbocycles. The molecule has 154 valence electrons. The van der Waals surface area contributed by atoms with Crippen LogP contribution in [0.3, 0.4) is 0 Å². The molecule has 4 rings (SSSR count). The summed E-state index contributed by atoms with van der Waals surface area (Å²) in [7, 11) is 0. The Labute approximate surface area is 164 Å². The Hall–Kier alpha value is -2.99. The lowest BCUT2D eigenvalue weighted by Crippen LogP contribution is -2.33. The predicted octanol–water partition coefficient (Wildman–Crippen LogP) is -0.127. The van der Waals surface area contributed by atoms with E-state index < -0.39 is 36.7 Å². The van der Waals surface area contributed by atoms with Crippen LogP contribution in [0.5, 0.6) is 5.75 Å². The number of benzene rings is 1. The average Bonchev–Trinajstić information content (AvgIpc) is 3.22. The second-order valence-corrected chi connectivity index (χ2v) is 6.52. The third-order valence-corrected chi connectivity index (χ3v) is 4.68. The predicted molar refractivity (Wildman–Crippen MR) is 102 cm³/mol. The fraction of sp³-hybridized carbons (Fsp3) is 0.389. The van der Waals surface area contributed by atoms with Crippen molar-refractivity contribution in [3.8, 4) is 5.75 Å². The van der Waals surface area contributed by atoms with Crippen molar-refractivity contribution in [1.82, 2.24) is 19.5 Å². The first-order chi connectivity index (χ1) is 14.0. The van der Waals surface area contributed by atoms with Crippen molar-refractivity contribution in [3.63, 3.8) is 0 Å². The van der Waals surface area contributed by atoms with Crippen molar-refractivity contribution >= 4 is 22.8 Å². The van der Waals surface area contributed by atoms with Gasteiger partial charge in [0, 0.05) is 5.69 Å². The van der Waals surface area contributed by atoms with Crippen molar-refractivity contribution in [1.29, 1.82) is 0 Å². The number of nitrogens with one attached hydrogen (secondary N) is 2. The minimum absolute atomic E-state index is 0.0404. The van der Waals surface area contributed by atoms with Gasteiger partial charge in [0.05, 0.1) is 19.5 Å². The number of fused-ring (bicyclic) bond motifs is 1. The van der Waals surface area contributed by atoms with E-state index in [9.17, 15) is 20.1 Å². The van der Waals surface area contributed by atoms with Gasteiger partial charge < -0.3 is 35.1 Å². The Kier molecular flexibility index (Phi) is 5.20. The topological polar surface area (TPSA) is 155 Å². The molecule has 0 spiro atoms. The highest BCUT2D eigenvalue weighted by Crippen LogP contribution is 2.34. The highest BCUT2D eigenvalue weighted by Gasteiger charge is 2.45. The molecule has 1 saturated heterocycles. The van der Waals surface area contributed by atoms with Gasteiger partial charge >= 0.3 is 0 Å². The summed E-state index contributed by atoms with van der Waals surface area (Å²) in [6.07, 6.45) is -3.53. The van der Waals surface area contributed by atoms with Crippen LogP contribution in [0.4, 0.5) is 11.6 Å². The average molecular weight is 403 g/mol. The fourth-order valence-corrected chi connectivity index (χ4v) is 3.27. The van der Waals surface area contributed by atoms with E-state index in [4.69, 9.17) is 9.47 Å². The Morgan fingerprint density at radius 3 is 2.69 bits per heavy atom. The summed E-state index contributed by atoms with van der Waals surface area (Å²) in [5.41, 5.74) is 0.388. The number of ether oxygens (including phenoxy) is 2. The molecular formula is C18H21N5O6. The van der Waals surface area contributed by atoms with Gasteiger partial charge in [0.25, 0.3) is 5.56 Å². The van der Waals surface area contributed by atoms with E-state index in [1.54, 1.807) is 24.3 Å². The van der Waals surface area contributed by atoms with E-state index in [2.05, 4.69) is 20.3 Å². The van der Waals surface area contributed by atoms with Crippen LogP contribution in [0.2, 0.25) is 0 Å².